The van der Waals surface area contributed by atoms with Crippen LogP contribution in [-0.2, 0) is 13.7 Å². The fourth-order valence-electron chi connectivity index (χ4n) is 4.68. The Morgan fingerprint density at radius 1 is 0.647 bits per heavy atom. The van der Waals surface area contributed by atoms with Gasteiger partial charge in [0.15, 0.2) is 0 Å². The summed E-state index contributed by atoms with van der Waals surface area (Å²) in [6.07, 6.45) is 5.95. The molecule has 0 saturated heterocycles. The van der Waals surface area contributed by atoms with Crippen LogP contribution in [0.5, 0.6) is 5.75 Å². The Balaban J connectivity index is 1.22. The van der Waals surface area contributed by atoms with Crippen LogP contribution in [-0.4, -0.2) is 13.1 Å². The van der Waals surface area contributed by atoms with Crippen LogP contribution in [0, 0.1) is 0 Å². The standard InChI is InChI=1S/C26H24N2O4P2/c29-33(25-15-7-3-11-21(25)19-9-1-5-13-23(19)31-33)27-17-18-28-34(30)26-16-8-4-12-22(26)20-10-2-6-14-24(20)32-34/h1,3-5,7-16H,2,6,17-18H2,(H,27,29)(H,28,30). The van der Waals surface area contributed by atoms with Gasteiger partial charge in [-0.05, 0) is 37.1 Å². The summed E-state index contributed by atoms with van der Waals surface area (Å²) < 4.78 is 39.8. The number of allylic oxidation sites excluding steroid dienone is 3. The molecule has 6 rings (SSSR count). The van der Waals surface area contributed by atoms with Gasteiger partial charge in [-0.1, -0.05) is 60.7 Å². The van der Waals surface area contributed by atoms with Crippen molar-refractivity contribution in [3.8, 4) is 16.9 Å². The predicted octanol–water partition coefficient (Wildman–Crippen LogP) is 5.35. The minimum atomic E-state index is -3.36. The molecule has 0 spiro atoms. The molecule has 1 aliphatic carbocycles. The Morgan fingerprint density at radius 3 is 1.97 bits per heavy atom. The largest absolute Gasteiger partial charge is 0.429 e. The maximum absolute atomic E-state index is 13.9. The molecule has 2 aliphatic heterocycles. The zero-order valence-electron chi connectivity index (χ0n) is 18.4. The van der Waals surface area contributed by atoms with Gasteiger partial charge in [0.1, 0.15) is 11.5 Å². The molecule has 0 radical (unpaired) electrons. The molecular weight excluding hydrogens is 466 g/mol. The van der Waals surface area contributed by atoms with Gasteiger partial charge in [-0.15, -0.1) is 0 Å². The molecule has 0 fully saturated rings. The van der Waals surface area contributed by atoms with E-state index in [0.29, 0.717) is 22.1 Å². The Hall–Kier alpha value is -2.88. The first-order valence-corrected chi connectivity index (χ1v) is 14.6. The van der Waals surface area contributed by atoms with Crippen LogP contribution in [0.4, 0.5) is 0 Å². The fraction of sp³-hybridized carbons (Fsp3) is 0.154. The van der Waals surface area contributed by atoms with E-state index in [4.69, 9.17) is 9.05 Å². The van der Waals surface area contributed by atoms with E-state index in [0.717, 1.165) is 35.1 Å². The highest BCUT2D eigenvalue weighted by atomic mass is 31.2. The quantitative estimate of drug-likeness (QED) is 0.371. The second kappa shape index (κ2) is 8.41. The molecule has 172 valence electrons. The van der Waals surface area contributed by atoms with Crippen LogP contribution < -0.4 is 25.3 Å². The van der Waals surface area contributed by atoms with Crippen molar-refractivity contribution in [2.24, 2.45) is 0 Å². The zero-order valence-corrected chi connectivity index (χ0v) is 20.2. The Labute approximate surface area is 198 Å². The lowest BCUT2D eigenvalue weighted by atomic mass is 9.98. The molecule has 3 aromatic carbocycles. The average molecular weight is 490 g/mol. The molecule has 6 nitrogen and oxygen atoms in total. The van der Waals surface area contributed by atoms with E-state index in [-0.39, 0.29) is 13.1 Å². The number of para-hydroxylation sites is 1. The second-order valence-corrected chi connectivity index (χ2v) is 12.6. The number of rotatable bonds is 5. The Kier molecular flexibility index (Phi) is 5.35. The van der Waals surface area contributed by atoms with Gasteiger partial charge in [-0.2, -0.15) is 0 Å². The van der Waals surface area contributed by atoms with Gasteiger partial charge in [0.25, 0.3) is 0 Å². The normalized spacial score (nSPS) is 24.2. The third kappa shape index (κ3) is 3.59. The van der Waals surface area contributed by atoms with Crippen LogP contribution in [0.25, 0.3) is 16.7 Å². The molecular formula is C26H24N2O4P2. The molecule has 3 aromatic rings. The van der Waals surface area contributed by atoms with Crippen molar-refractivity contribution >= 4 is 31.2 Å². The van der Waals surface area contributed by atoms with Crippen LogP contribution in [0.3, 0.4) is 0 Å². The zero-order chi connectivity index (χ0) is 23.2. The van der Waals surface area contributed by atoms with E-state index < -0.39 is 15.0 Å². The molecule has 0 aromatic heterocycles. The topological polar surface area (TPSA) is 76.7 Å². The number of hydrogen-bond donors (Lipinski definition) is 2. The number of fused-ring (bicyclic) bond motifs is 6. The average Bonchev–Trinajstić information content (AvgIpc) is 2.87. The summed E-state index contributed by atoms with van der Waals surface area (Å²) in [4.78, 5) is 0. The third-order valence-electron chi connectivity index (χ3n) is 6.24. The van der Waals surface area contributed by atoms with Crippen molar-refractivity contribution in [1.82, 2.24) is 10.2 Å². The highest BCUT2D eigenvalue weighted by molar-refractivity contribution is 7.66. The molecule has 2 N–H and O–H groups in total. The lowest BCUT2D eigenvalue weighted by Crippen LogP contribution is -2.34. The summed E-state index contributed by atoms with van der Waals surface area (Å²) in [6.45, 7) is 0.570. The van der Waals surface area contributed by atoms with Gasteiger partial charge in [0, 0.05) is 35.4 Å². The fourth-order valence-corrected chi connectivity index (χ4v) is 8.64. The summed E-state index contributed by atoms with van der Waals surface area (Å²) in [5.74, 6) is 1.26. The number of benzene rings is 3. The van der Waals surface area contributed by atoms with Crippen LogP contribution >= 0.6 is 15.0 Å². The molecule has 2 atom stereocenters. The van der Waals surface area contributed by atoms with E-state index in [1.165, 1.54) is 0 Å². The first-order chi connectivity index (χ1) is 16.6. The molecule has 0 bridgehead atoms. The van der Waals surface area contributed by atoms with Crippen LogP contribution in [0.1, 0.15) is 18.4 Å². The Bertz CT molecular complexity index is 1450. The van der Waals surface area contributed by atoms with Crippen LogP contribution in [0.2, 0.25) is 0 Å². The predicted molar refractivity (Wildman–Crippen MR) is 136 cm³/mol. The van der Waals surface area contributed by atoms with Gasteiger partial charge in [-0.3, -0.25) is 9.13 Å². The van der Waals surface area contributed by atoms with Gasteiger partial charge >= 0.3 is 15.0 Å². The Morgan fingerprint density at radius 2 is 1.21 bits per heavy atom. The highest BCUT2D eigenvalue weighted by Crippen LogP contribution is 2.54. The van der Waals surface area contributed by atoms with Crippen molar-refractivity contribution < 1.29 is 18.2 Å². The maximum atomic E-state index is 13.9. The van der Waals surface area contributed by atoms with Crippen molar-refractivity contribution in [2.45, 2.75) is 12.8 Å². The van der Waals surface area contributed by atoms with Gasteiger partial charge < -0.3 is 9.05 Å². The van der Waals surface area contributed by atoms with E-state index in [9.17, 15) is 9.13 Å². The van der Waals surface area contributed by atoms with Crippen LogP contribution in [0.15, 0.2) is 90.7 Å². The van der Waals surface area contributed by atoms with E-state index in [2.05, 4.69) is 16.3 Å². The van der Waals surface area contributed by atoms with Gasteiger partial charge in [0.05, 0.1) is 10.6 Å². The molecule has 8 heteroatoms. The number of hydrogen-bond acceptors (Lipinski definition) is 4. The van der Waals surface area contributed by atoms with Crippen molar-refractivity contribution in [1.29, 1.82) is 0 Å². The van der Waals surface area contributed by atoms with Crippen molar-refractivity contribution in [2.75, 3.05) is 13.1 Å². The monoisotopic (exact) mass is 490 g/mol. The van der Waals surface area contributed by atoms with Crippen molar-refractivity contribution in [3.05, 3.63) is 96.3 Å². The van der Waals surface area contributed by atoms with E-state index in [1.807, 2.05) is 78.9 Å². The summed E-state index contributed by atoms with van der Waals surface area (Å²) in [5, 5.41) is 7.52. The van der Waals surface area contributed by atoms with E-state index in [1.54, 1.807) is 0 Å². The molecule has 3 aliphatic rings. The lowest BCUT2D eigenvalue weighted by molar-refractivity contribution is 0.410. The molecule has 2 unspecified atom stereocenters. The molecule has 2 heterocycles. The first-order valence-electron chi connectivity index (χ1n) is 11.4. The molecule has 0 saturated carbocycles. The lowest BCUT2D eigenvalue weighted by Gasteiger charge is -2.32. The first kappa shape index (κ1) is 21.6. The van der Waals surface area contributed by atoms with Gasteiger partial charge in [-0.25, -0.2) is 10.2 Å². The summed E-state index contributed by atoms with van der Waals surface area (Å²) >= 11 is 0. The second-order valence-electron chi connectivity index (χ2n) is 8.40. The third-order valence-corrected chi connectivity index (χ3v) is 10.5. The summed E-state index contributed by atoms with van der Waals surface area (Å²) in [5.41, 5.74) is 3.76. The highest BCUT2D eigenvalue weighted by Gasteiger charge is 2.39. The summed E-state index contributed by atoms with van der Waals surface area (Å²) in [7, 11) is -6.69. The number of nitrogens with one attached hydrogen (secondary N) is 2. The smallest absolute Gasteiger partial charge is 0.347 e. The van der Waals surface area contributed by atoms with Gasteiger partial charge in [0.2, 0.25) is 0 Å². The molecule has 34 heavy (non-hydrogen) atoms. The SMILES string of the molecule is O=P1(NCCNP2(=O)Oc3ccccc3-c3ccccc32)OC2=CCCC=C2c2ccccc21. The van der Waals surface area contributed by atoms with E-state index >= 15 is 0 Å². The summed E-state index contributed by atoms with van der Waals surface area (Å²) in [6, 6.07) is 22.8. The molecule has 0 amide bonds. The minimum Gasteiger partial charge on any atom is -0.429 e. The van der Waals surface area contributed by atoms with Crippen molar-refractivity contribution in [3.63, 3.8) is 0 Å². The maximum Gasteiger partial charge on any atom is 0.347 e. The minimum absolute atomic E-state index is 0.283.